The maximum atomic E-state index is 13.0. The standard InChI is InChI=1S/C22H22N2O2/c1-16-11-13-18(14-12-16)24-22(25)21(17-7-4-3-5-8-17)23-19-9-6-10-20(15-19)26-2/h3-15,21,23H,1-2H3,(H,24,25)/t21-/m1/s1. The summed E-state index contributed by atoms with van der Waals surface area (Å²) < 4.78 is 5.27. The van der Waals surface area contributed by atoms with Gasteiger partial charge in [-0.3, -0.25) is 4.79 Å². The highest BCUT2D eigenvalue weighted by Gasteiger charge is 2.20. The molecule has 1 amide bonds. The van der Waals surface area contributed by atoms with E-state index in [0.717, 1.165) is 28.3 Å². The van der Waals surface area contributed by atoms with Gasteiger partial charge >= 0.3 is 0 Å². The normalized spacial score (nSPS) is 11.5. The summed E-state index contributed by atoms with van der Waals surface area (Å²) in [6.07, 6.45) is 0. The molecule has 26 heavy (non-hydrogen) atoms. The molecule has 0 saturated carbocycles. The summed E-state index contributed by atoms with van der Waals surface area (Å²) in [5.41, 5.74) is 3.63. The van der Waals surface area contributed by atoms with E-state index in [1.807, 2.05) is 85.8 Å². The summed E-state index contributed by atoms with van der Waals surface area (Å²) >= 11 is 0. The van der Waals surface area contributed by atoms with Gasteiger partial charge in [0.15, 0.2) is 0 Å². The van der Waals surface area contributed by atoms with Crippen LogP contribution in [0.1, 0.15) is 17.2 Å². The summed E-state index contributed by atoms with van der Waals surface area (Å²) in [7, 11) is 1.62. The fraction of sp³-hybridized carbons (Fsp3) is 0.136. The predicted molar refractivity (Wildman–Crippen MR) is 106 cm³/mol. The van der Waals surface area contributed by atoms with Gasteiger partial charge in [-0.25, -0.2) is 0 Å². The molecule has 0 aromatic heterocycles. The lowest BCUT2D eigenvalue weighted by atomic mass is 10.1. The van der Waals surface area contributed by atoms with Crippen LogP contribution in [0.25, 0.3) is 0 Å². The Hall–Kier alpha value is -3.27. The first-order valence-electron chi connectivity index (χ1n) is 8.49. The number of rotatable bonds is 6. The van der Waals surface area contributed by atoms with Crippen molar-refractivity contribution in [1.29, 1.82) is 0 Å². The summed E-state index contributed by atoms with van der Waals surface area (Å²) in [6, 6.07) is 24.4. The van der Waals surface area contributed by atoms with E-state index in [-0.39, 0.29) is 5.91 Å². The van der Waals surface area contributed by atoms with E-state index in [1.165, 1.54) is 0 Å². The van der Waals surface area contributed by atoms with Gasteiger partial charge in [-0.15, -0.1) is 0 Å². The predicted octanol–water partition coefficient (Wildman–Crippen LogP) is 4.80. The smallest absolute Gasteiger partial charge is 0.251 e. The van der Waals surface area contributed by atoms with Crippen molar-refractivity contribution in [1.82, 2.24) is 0 Å². The third kappa shape index (κ3) is 4.42. The lowest BCUT2D eigenvalue weighted by Gasteiger charge is -2.20. The van der Waals surface area contributed by atoms with Crippen LogP contribution in [-0.4, -0.2) is 13.0 Å². The second-order valence-corrected chi connectivity index (χ2v) is 6.08. The maximum Gasteiger partial charge on any atom is 0.251 e. The lowest BCUT2D eigenvalue weighted by Crippen LogP contribution is -2.27. The number of ether oxygens (including phenoxy) is 1. The molecule has 1 atom stereocenters. The van der Waals surface area contributed by atoms with E-state index >= 15 is 0 Å². The Morgan fingerprint density at radius 1 is 0.885 bits per heavy atom. The molecule has 0 spiro atoms. The third-order valence-electron chi connectivity index (χ3n) is 4.09. The van der Waals surface area contributed by atoms with Gasteiger partial charge in [0.1, 0.15) is 11.8 Å². The van der Waals surface area contributed by atoms with E-state index in [9.17, 15) is 4.79 Å². The molecule has 4 nitrogen and oxygen atoms in total. The van der Waals surface area contributed by atoms with E-state index in [4.69, 9.17) is 4.74 Å². The van der Waals surface area contributed by atoms with Crippen molar-refractivity contribution < 1.29 is 9.53 Å². The van der Waals surface area contributed by atoms with Crippen LogP contribution in [0.15, 0.2) is 78.9 Å². The molecule has 0 saturated heterocycles. The minimum atomic E-state index is -0.524. The molecule has 0 aliphatic rings. The van der Waals surface area contributed by atoms with E-state index in [2.05, 4.69) is 10.6 Å². The van der Waals surface area contributed by atoms with Crippen molar-refractivity contribution in [3.05, 3.63) is 90.0 Å². The Bertz CT molecular complexity index is 861. The Kier molecular flexibility index (Phi) is 5.54. The van der Waals surface area contributed by atoms with Gasteiger partial charge in [-0.1, -0.05) is 54.1 Å². The Balaban J connectivity index is 1.85. The zero-order chi connectivity index (χ0) is 18.4. The number of carbonyl (C=O) groups is 1. The van der Waals surface area contributed by atoms with Crippen LogP contribution in [0.2, 0.25) is 0 Å². The molecule has 0 bridgehead atoms. The topological polar surface area (TPSA) is 50.4 Å². The van der Waals surface area contributed by atoms with Crippen molar-refractivity contribution in [3.63, 3.8) is 0 Å². The molecule has 4 heteroatoms. The van der Waals surface area contributed by atoms with Gasteiger partial charge in [0.05, 0.1) is 7.11 Å². The maximum absolute atomic E-state index is 13.0. The molecule has 0 radical (unpaired) electrons. The number of anilines is 2. The van der Waals surface area contributed by atoms with Crippen molar-refractivity contribution in [2.45, 2.75) is 13.0 Å². The highest BCUT2D eigenvalue weighted by atomic mass is 16.5. The van der Waals surface area contributed by atoms with Crippen LogP contribution in [0.4, 0.5) is 11.4 Å². The summed E-state index contributed by atoms with van der Waals surface area (Å²) in [5.74, 6) is 0.614. The number of carbonyl (C=O) groups excluding carboxylic acids is 1. The van der Waals surface area contributed by atoms with Gasteiger partial charge in [0.2, 0.25) is 0 Å². The van der Waals surface area contributed by atoms with Gasteiger partial charge in [-0.05, 0) is 36.8 Å². The molecule has 132 valence electrons. The quantitative estimate of drug-likeness (QED) is 0.674. The van der Waals surface area contributed by atoms with Crippen LogP contribution >= 0.6 is 0 Å². The largest absolute Gasteiger partial charge is 0.497 e. The van der Waals surface area contributed by atoms with Gasteiger partial charge < -0.3 is 15.4 Å². The number of nitrogens with one attached hydrogen (secondary N) is 2. The Morgan fingerprint density at radius 3 is 2.31 bits per heavy atom. The van der Waals surface area contributed by atoms with Crippen LogP contribution < -0.4 is 15.4 Å². The Labute approximate surface area is 153 Å². The van der Waals surface area contributed by atoms with Gasteiger partial charge in [0, 0.05) is 17.4 Å². The first-order chi connectivity index (χ1) is 12.7. The third-order valence-corrected chi connectivity index (χ3v) is 4.09. The summed E-state index contributed by atoms with van der Waals surface area (Å²) in [4.78, 5) is 13.0. The van der Waals surface area contributed by atoms with Crippen molar-refractivity contribution >= 4 is 17.3 Å². The van der Waals surface area contributed by atoms with Crippen LogP contribution in [-0.2, 0) is 4.79 Å². The zero-order valence-corrected chi connectivity index (χ0v) is 14.9. The van der Waals surface area contributed by atoms with E-state index in [0.29, 0.717) is 0 Å². The molecular formula is C22H22N2O2. The first kappa shape index (κ1) is 17.5. The average Bonchev–Trinajstić information content (AvgIpc) is 2.68. The SMILES string of the molecule is COc1cccc(N[C@@H](C(=O)Nc2ccc(C)cc2)c2ccccc2)c1. The lowest BCUT2D eigenvalue weighted by molar-refractivity contribution is -0.117. The average molecular weight is 346 g/mol. The first-order valence-corrected chi connectivity index (χ1v) is 8.49. The molecule has 0 aliphatic carbocycles. The molecule has 2 N–H and O–H groups in total. The monoisotopic (exact) mass is 346 g/mol. The molecule has 0 unspecified atom stereocenters. The molecule has 0 aliphatic heterocycles. The van der Waals surface area contributed by atoms with Crippen molar-refractivity contribution in [2.75, 3.05) is 17.7 Å². The van der Waals surface area contributed by atoms with E-state index in [1.54, 1.807) is 7.11 Å². The highest BCUT2D eigenvalue weighted by molar-refractivity contribution is 5.97. The molecule has 0 heterocycles. The number of amides is 1. The number of aryl methyl sites for hydroxylation is 1. The van der Waals surface area contributed by atoms with Crippen molar-refractivity contribution in [2.24, 2.45) is 0 Å². The van der Waals surface area contributed by atoms with Crippen LogP contribution in [0.3, 0.4) is 0 Å². The number of benzene rings is 3. The fourth-order valence-electron chi connectivity index (χ4n) is 2.68. The zero-order valence-electron chi connectivity index (χ0n) is 14.9. The van der Waals surface area contributed by atoms with Crippen molar-refractivity contribution in [3.8, 4) is 5.75 Å². The van der Waals surface area contributed by atoms with E-state index < -0.39 is 6.04 Å². The molecular weight excluding hydrogens is 324 g/mol. The van der Waals surface area contributed by atoms with Crippen LogP contribution in [0, 0.1) is 6.92 Å². The van der Waals surface area contributed by atoms with Gasteiger partial charge in [0.25, 0.3) is 5.91 Å². The second-order valence-electron chi connectivity index (χ2n) is 6.08. The second kappa shape index (κ2) is 8.21. The Morgan fingerprint density at radius 2 is 1.62 bits per heavy atom. The molecule has 3 aromatic carbocycles. The molecule has 3 rings (SSSR count). The number of methoxy groups -OCH3 is 1. The fourth-order valence-corrected chi connectivity index (χ4v) is 2.68. The molecule has 3 aromatic rings. The summed E-state index contributed by atoms with van der Waals surface area (Å²) in [6.45, 7) is 2.02. The van der Waals surface area contributed by atoms with Crippen LogP contribution in [0.5, 0.6) is 5.75 Å². The minimum Gasteiger partial charge on any atom is -0.497 e. The minimum absolute atomic E-state index is 0.122. The molecule has 0 fully saturated rings. The number of hydrogen-bond donors (Lipinski definition) is 2. The van der Waals surface area contributed by atoms with Gasteiger partial charge in [-0.2, -0.15) is 0 Å². The summed E-state index contributed by atoms with van der Waals surface area (Å²) in [5, 5.41) is 6.29. The number of hydrogen-bond acceptors (Lipinski definition) is 3. The highest BCUT2D eigenvalue weighted by Crippen LogP contribution is 2.24.